The van der Waals surface area contributed by atoms with Crippen molar-refractivity contribution in [2.24, 2.45) is 5.73 Å². The van der Waals surface area contributed by atoms with Crippen LogP contribution in [0.2, 0.25) is 0 Å². The van der Waals surface area contributed by atoms with Crippen molar-refractivity contribution >= 4 is 5.65 Å². The van der Waals surface area contributed by atoms with Gasteiger partial charge in [0.05, 0.1) is 0 Å². The van der Waals surface area contributed by atoms with E-state index < -0.39 is 0 Å². The minimum atomic E-state index is 0.197. The Labute approximate surface area is 88.3 Å². The molecule has 2 heterocycles. The molecule has 0 radical (unpaired) electrons. The molecule has 5 heteroatoms. The van der Waals surface area contributed by atoms with Gasteiger partial charge in [0, 0.05) is 24.2 Å². The lowest BCUT2D eigenvalue weighted by Crippen LogP contribution is -2.13. The van der Waals surface area contributed by atoms with E-state index in [9.17, 15) is 0 Å². The summed E-state index contributed by atoms with van der Waals surface area (Å²) < 4.78 is 1.96. The van der Waals surface area contributed by atoms with Crippen molar-refractivity contribution in [2.45, 2.75) is 26.7 Å². The van der Waals surface area contributed by atoms with Gasteiger partial charge in [-0.25, -0.2) is 4.98 Å². The van der Waals surface area contributed by atoms with E-state index in [1.165, 1.54) is 0 Å². The average Bonchev–Trinajstić information content (AvgIpc) is 2.60. The zero-order valence-corrected chi connectivity index (χ0v) is 9.23. The van der Waals surface area contributed by atoms with Gasteiger partial charge in [-0.05, 0) is 13.8 Å². The van der Waals surface area contributed by atoms with Crippen molar-refractivity contribution in [1.82, 2.24) is 19.6 Å². The van der Waals surface area contributed by atoms with Crippen LogP contribution in [0, 0.1) is 13.8 Å². The van der Waals surface area contributed by atoms with Crippen LogP contribution in [0.25, 0.3) is 5.65 Å². The summed E-state index contributed by atoms with van der Waals surface area (Å²) in [6.07, 6.45) is 0. The van der Waals surface area contributed by atoms with Crippen LogP contribution in [-0.2, 0) is 0 Å². The maximum Gasteiger partial charge on any atom is 0.164 e. The van der Waals surface area contributed by atoms with Gasteiger partial charge in [0.1, 0.15) is 11.6 Å². The average molecular weight is 205 g/mol. The lowest BCUT2D eigenvalue weighted by Gasteiger charge is -2.08. The monoisotopic (exact) mass is 205 g/mol. The van der Waals surface area contributed by atoms with Crippen molar-refractivity contribution < 1.29 is 0 Å². The van der Waals surface area contributed by atoms with Crippen LogP contribution in [0.1, 0.15) is 30.2 Å². The third-order valence-electron chi connectivity index (χ3n) is 2.51. The Morgan fingerprint density at radius 3 is 2.80 bits per heavy atom. The zero-order chi connectivity index (χ0) is 11.0. The molecule has 1 unspecified atom stereocenters. The van der Waals surface area contributed by atoms with E-state index in [0.29, 0.717) is 6.54 Å². The highest BCUT2D eigenvalue weighted by atomic mass is 15.3. The van der Waals surface area contributed by atoms with Crippen LogP contribution in [-0.4, -0.2) is 26.1 Å². The van der Waals surface area contributed by atoms with Gasteiger partial charge in [-0.1, -0.05) is 6.92 Å². The van der Waals surface area contributed by atoms with Gasteiger partial charge in [-0.3, -0.25) is 4.40 Å². The smallest absolute Gasteiger partial charge is 0.164 e. The first kappa shape index (κ1) is 10.0. The number of aryl methyl sites for hydroxylation is 2. The highest BCUT2D eigenvalue weighted by molar-refractivity contribution is 5.40. The van der Waals surface area contributed by atoms with E-state index in [2.05, 4.69) is 15.2 Å². The molecule has 0 aliphatic heterocycles. The molecule has 2 aromatic rings. The summed E-state index contributed by atoms with van der Waals surface area (Å²) >= 11 is 0. The Hall–Kier alpha value is -1.49. The first-order valence-corrected chi connectivity index (χ1v) is 5.03. The van der Waals surface area contributed by atoms with Crippen LogP contribution < -0.4 is 5.73 Å². The Balaban J connectivity index is 2.69. The van der Waals surface area contributed by atoms with Crippen molar-refractivity contribution in [2.75, 3.05) is 6.54 Å². The molecule has 0 spiro atoms. The predicted octanol–water partition coefficient (Wildman–Crippen LogP) is 0.803. The third-order valence-corrected chi connectivity index (χ3v) is 2.51. The number of fused-ring (bicyclic) bond motifs is 1. The second-order valence-corrected chi connectivity index (χ2v) is 3.83. The number of hydrogen-bond acceptors (Lipinski definition) is 4. The SMILES string of the molecule is Cc1cc2nnc(C(C)CN)n2c(C)n1. The zero-order valence-electron chi connectivity index (χ0n) is 9.23. The molecular formula is C10H15N5. The summed E-state index contributed by atoms with van der Waals surface area (Å²) in [5.74, 6) is 1.99. The molecule has 0 amide bonds. The fourth-order valence-electron chi connectivity index (χ4n) is 1.68. The van der Waals surface area contributed by atoms with E-state index in [1.807, 2.05) is 31.2 Å². The van der Waals surface area contributed by atoms with E-state index in [1.54, 1.807) is 0 Å². The molecule has 0 aromatic carbocycles. The van der Waals surface area contributed by atoms with Crippen LogP contribution in [0.5, 0.6) is 0 Å². The fraction of sp³-hybridized carbons (Fsp3) is 0.500. The largest absolute Gasteiger partial charge is 0.330 e. The summed E-state index contributed by atoms with van der Waals surface area (Å²) in [6, 6.07) is 1.92. The van der Waals surface area contributed by atoms with Gasteiger partial charge in [0.25, 0.3) is 0 Å². The first-order valence-electron chi connectivity index (χ1n) is 5.03. The highest BCUT2D eigenvalue weighted by Crippen LogP contribution is 2.15. The van der Waals surface area contributed by atoms with Crippen LogP contribution in [0.3, 0.4) is 0 Å². The van der Waals surface area contributed by atoms with Gasteiger partial charge in [0.2, 0.25) is 0 Å². The van der Waals surface area contributed by atoms with Crippen LogP contribution in [0.15, 0.2) is 6.07 Å². The number of hydrogen-bond donors (Lipinski definition) is 1. The molecule has 2 rings (SSSR count). The van der Waals surface area contributed by atoms with Gasteiger partial charge in [0.15, 0.2) is 5.65 Å². The van der Waals surface area contributed by atoms with Crippen molar-refractivity contribution in [3.8, 4) is 0 Å². The quantitative estimate of drug-likeness (QED) is 0.787. The summed E-state index contributed by atoms with van der Waals surface area (Å²) in [6.45, 7) is 6.51. The summed E-state index contributed by atoms with van der Waals surface area (Å²) in [5.41, 5.74) is 7.43. The van der Waals surface area contributed by atoms with Gasteiger partial charge >= 0.3 is 0 Å². The van der Waals surface area contributed by atoms with Gasteiger partial charge < -0.3 is 5.73 Å². The van der Waals surface area contributed by atoms with Gasteiger partial charge in [-0.15, -0.1) is 10.2 Å². The van der Waals surface area contributed by atoms with E-state index in [4.69, 9.17) is 5.73 Å². The topological polar surface area (TPSA) is 69.1 Å². The summed E-state index contributed by atoms with van der Waals surface area (Å²) in [5, 5.41) is 8.29. The predicted molar refractivity (Wildman–Crippen MR) is 57.7 cm³/mol. The molecule has 1 atom stereocenters. The highest BCUT2D eigenvalue weighted by Gasteiger charge is 2.14. The summed E-state index contributed by atoms with van der Waals surface area (Å²) in [4.78, 5) is 4.39. The van der Waals surface area contributed by atoms with Crippen LogP contribution in [0.4, 0.5) is 0 Å². The molecule has 15 heavy (non-hydrogen) atoms. The Bertz CT molecular complexity index is 488. The Morgan fingerprint density at radius 1 is 1.40 bits per heavy atom. The van der Waals surface area contributed by atoms with Crippen molar-refractivity contribution in [3.63, 3.8) is 0 Å². The molecular weight excluding hydrogens is 190 g/mol. The standard InChI is InChI=1S/C10H15N5/c1-6(5-11)10-14-13-9-4-7(2)12-8(3)15(9)10/h4,6H,5,11H2,1-3H3. The summed E-state index contributed by atoms with van der Waals surface area (Å²) in [7, 11) is 0. The van der Waals surface area contributed by atoms with Crippen molar-refractivity contribution in [3.05, 3.63) is 23.4 Å². The fourth-order valence-corrected chi connectivity index (χ4v) is 1.68. The maximum atomic E-state index is 5.63. The lowest BCUT2D eigenvalue weighted by molar-refractivity contribution is 0.691. The molecule has 2 N–H and O–H groups in total. The van der Waals surface area contributed by atoms with Crippen LogP contribution >= 0.6 is 0 Å². The molecule has 0 fully saturated rings. The molecule has 5 nitrogen and oxygen atoms in total. The third kappa shape index (κ3) is 1.59. The molecule has 2 aromatic heterocycles. The second-order valence-electron chi connectivity index (χ2n) is 3.83. The molecule has 0 aliphatic carbocycles. The number of nitrogens with two attached hydrogens (primary N) is 1. The lowest BCUT2D eigenvalue weighted by atomic mass is 10.2. The normalized spacial score (nSPS) is 13.3. The van der Waals surface area contributed by atoms with Gasteiger partial charge in [-0.2, -0.15) is 0 Å². The Kier molecular flexibility index (Phi) is 2.40. The number of rotatable bonds is 2. The van der Waals surface area contributed by atoms with E-state index in [-0.39, 0.29) is 5.92 Å². The number of nitrogens with zero attached hydrogens (tertiary/aromatic N) is 4. The van der Waals surface area contributed by atoms with E-state index >= 15 is 0 Å². The second kappa shape index (κ2) is 3.58. The minimum absolute atomic E-state index is 0.197. The first-order chi connectivity index (χ1) is 7.13. The number of aromatic nitrogens is 4. The molecule has 0 bridgehead atoms. The maximum absolute atomic E-state index is 5.63. The molecule has 0 saturated heterocycles. The molecule has 0 aliphatic rings. The van der Waals surface area contributed by atoms with E-state index in [0.717, 1.165) is 23.0 Å². The van der Waals surface area contributed by atoms with Crippen molar-refractivity contribution in [1.29, 1.82) is 0 Å². The Morgan fingerprint density at radius 2 is 2.13 bits per heavy atom. The molecule has 0 saturated carbocycles. The molecule has 80 valence electrons. The minimum Gasteiger partial charge on any atom is -0.330 e.